The monoisotopic (exact) mass is 554 g/mol. The molecule has 0 aromatic heterocycles. The van der Waals surface area contributed by atoms with Crippen molar-refractivity contribution in [3.8, 4) is 0 Å². The second kappa shape index (κ2) is 11.0. The van der Waals surface area contributed by atoms with E-state index in [4.69, 9.17) is 10.2 Å². The highest BCUT2D eigenvalue weighted by atomic mass is 15.4. The maximum absolute atomic E-state index is 4.77. The third-order valence-electron chi connectivity index (χ3n) is 8.97. The second-order valence-electron chi connectivity index (χ2n) is 11.8. The van der Waals surface area contributed by atoms with Crippen molar-refractivity contribution in [2.45, 2.75) is 46.2 Å². The molecule has 0 bridgehead atoms. The first-order chi connectivity index (χ1) is 20.3. The molecule has 0 fully saturated rings. The van der Waals surface area contributed by atoms with E-state index < -0.39 is 0 Å². The van der Waals surface area contributed by atoms with Crippen LogP contribution in [0.3, 0.4) is 0 Å². The minimum atomic E-state index is -0.140. The highest BCUT2D eigenvalue weighted by molar-refractivity contribution is 6.10. The molecule has 0 spiro atoms. The van der Waals surface area contributed by atoms with Crippen molar-refractivity contribution in [2.24, 2.45) is 26.4 Å². The Kier molecular flexibility index (Phi) is 7.23. The first-order valence-electron chi connectivity index (χ1n) is 14.8. The lowest BCUT2D eigenvalue weighted by atomic mass is 9.97. The lowest BCUT2D eigenvalue weighted by Gasteiger charge is -2.49. The van der Waals surface area contributed by atoms with Gasteiger partial charge in [-0.05, 0) is 74.2 Å². The normalized spacial score (nSPS) is 15.4. The largest absolute Gasteiger partial charge is 0.352 e. The van der Waals surface area contributed by atoms with Crippen molar-refractivity contribution >= 4 is 55.7 Å². The summed E-state index contributed by atoms with van der Waals surface area (Å²) in [6, 6.07) is 31.2. The van der Waals surface area contributed by atoms with E-state index in [0.29, 0.717) is 5.92 Å². The number of rotatable bonds is 7. The minimum Gasteiger partial charge on any atom is -0.352 e. The molecule has 6 rings (SSSR count). The maximum Gasteiger partial charge on any atom is 0.106 e. The molecular weight excluding hydrogens is 516 g/mol. The molecule has 1 heterocycles. The van der Waals surface area contributed by atoms with Crippen LogP contribution >= 0.6 is 0 Å². The molecule has 1 aliphatic rings. The second-order valence-corrected chi connectivity index (χ2v) is 11.8. The topological polar surface area (TPSA) is 55.9 Å². The van der Waals surface area contributed by atoms with Crippen molar-refractivity contribution < 1.29 is 0 Å². The molecule has 0 saturated carbocycles. The Morgan fingerprint density at radius 1 is 0.619 bits per heavy atom. The minimum absolute atomic E-state index is 0.140. The molecule has 1 atom stereocenters. The summed E-state index contributed by atoms with van der Waals surface area (Å²) >= 11 is 0. The van der Waals surface area contributed by atoms with Crippen LogP contribution in [-0.2, 0) is 6.42 Å². The Morgan fingerprint density at radius 3 is 1.76 bits per heavy atom. The van der Waals surface area contributed by atoms with E-state index in [9.17, 15) is 0 Å². The van der Waals surface area contributed by atoms with Crippen LogP contribution in [0.4, 0.5) is 34.1 Å². The fourth-order valence-corrected chi connectivity index (χ4v) is 5.72. The Hall–Kier alpha value is -4.58. The molecule has 5 aromatic carbocycles. The standard InChI is InChI=1S/C36H38N6/c1-7-24(2)23-25-15-17-26(18-16-25)37-38-30-19-20-31(28-12-9-8-11-27(28)30)39-40-32-21-22-34-35-29(32)13-10-14-33(35)41(5)36(3,4)42(34)6/h8-22,24H,7,23H2,1-6H3. The highest BCUT2D eigenvalue weighted by Gasteiger charge is 2.35. The Labute approximate surface area is 248 Å². The van der Waals surface area contributed by atoms with Gasteiger partial charge in [0.15, 0.2) is 0 Å². The molecule has 0 amide bonds. The molecule has 5 aromatic rings. The summed E-state index contributed by atoms with van der Waals surface area (Å²) in [5, 5.41) is 23.0. The van der Waals surface area contributed by atoms with Gasteiger partial charge in [-0.1, -0.05) is 68.8 Å². The summed E-state index contributed by atoms with van der Waals surface area (Å²) in [5.41, 5.74) is 6.90. The van der Waals surface area contributed by atoms with Gasteiger partial charge in [0.25, 0.3) is 0 Å². The van der Waals surface area contributed by atoms with E-state index in [-0.39, 0.29) is 5.66 Å². The van der Waals surface area contributed by atoms with Crippen molar-refractivity contribution in [1.82, 2.24) is 0 Å². The van der Waals surface area contributed by atoms with Crippen LogP contribution in [0.2, 0.25) is 0 Å². The van der Waals surface area contributed by atoms with Gasteiger partial charge in [0.2, 0.25) is 0 Å². The van der Waals surface area contributed by atoms with E-state index in [1.165, 1.54) is 28.7 Å². The van der Waals surface area contributed by atoms with Crippen molar-refractivity contribution in [2.75, 3.05) is 23.9 Å². The van der Waals surface area contributed by atoms with E-state index in [1.807, 2.05) is 36.4 Å². The van der Waals surface area contributed by atoms with Gasteiger partial charge in [-0.15, -0.1) is 15.3 Å². The number of azo groups is 2. The lowest BCUT2D eigenvalue weighted by molar-refractivity contribution is 0.474. The van der Waals surface area contributed by atoms with Crippen LogP contribution in [0.15, 0.2) is 111 Å². The molecule has 42 heavy (non-hydrogen) atoms. The Bertz CT molecular complexity index is 1800. The molecule has 6 heteroatoms. The fraction of sp³-hybridized carbons (Fsp3) is 0.278. The maximum atomic E-state index is 4.77. The highest BCUT2D eigenvalue weighted by Crippen LogP contribution is 2.47. The molecule has 212 valence electrons. The van der Waals surface area contributed by atoms with Gasteiger partial charge in [0, 0.05) is 47.0 Å². The molecule has 0 aliphatic carbocycles. The van der Waals surface area contributed by atoms with Crippen LogP contribution in [0.25, 0.3) is 21.5 Å². The Morgan fingerprint density at radius 2 is 1.14 bits per heavy atom. The summed E-state index contributed by atoms with van der Waals surface area (Å²) in [4.78, 5) is 4.65. The van der Waals surface area contributed by atoms with Gasteiger partial charge in [-0.3, -0.25) is 0 Å². The van der Waals surface area contributed by atoms with Crippen molar-refractivity contribution in [3.63, 3.8) is 0 Å². The van der Waals surface area contributed by atoms with Gasteiger partial charge >= 0.3 is 0 Å². The van der Waals surface area contributed by atoms with E-state index in [0.717, 1.165) is 45.3 Å². The van der Waals surface area contributed by atoms with Crippen LogP contribution in [0, 0.1) is 5.92 Å². The average Bonchev–Trinajstić information content (AvgIpc) is 3.01. The Balaban J connectivity index is 1.32. The van der Waals surface area contributed by atoms with Gasteiger partial charge in [-0.2, -0.15) is 5.11 Å². The van der Waals surface area contributed by atoms with Gasteiger partial charge < -0.3 is 9.80 Å². The quantitative estimate of drug-likeness (QED) is 0.188. The zero-order valence-electron chi connectivity index (χ0n) is 25.3. The van der Waals surface area contributed by atoms with Crippen LogP contribution in [-0.4, -0.2) is 19.8 Å². The third-order valence-corrected chi connectivity index (χ3v) is 8.97. The smallest absolute Gasteiger partial charge is 0.106 e. The predicted molar refractivity (Wildman–Crippen MR) is 177 cm³/mol. The molecule has 1 unspecified atom stereocenters. The number of anilines is 2. The SMILES string of the molecule is CCC(C)Cc1ccc(N=Nc2ccc(N=Nc3ccc4c5c(cccc35)N(C)C(C)(C)N4C)c3ccccc23)cc1. The molecule has 6 nitrogen and oxygen atoms in total. The number of hydrogen-bond acceptors (Lipinski definition) is 6. The molecule has 1 aliphatic heterocycles. The molecule has 0 N–H and O–H groups in total. The summed E-state index contributed by atoms with van der Waals surface area (Å²) in [6.45, 7) is 8.99. The van der Waals surface area contributed by atoms with E-state index in [1.54, 1.807) is 0 Å². The number of benzene rings is 5. The zero-order valence-corrected chi connectivity index (χ0v) is 25.3. The summed E-state index contributed by atoms with van der Waals surface area (Å²) in [6.07, 6.45) is 2.27. The molecule has 0 radical (unpaired) electrons. The lowest BCUT2D eigenvalue weighted by Crippen LogP contribution is -2.56. The molecular formula is C36H38N6. The number of fused-ring (bicyclic) bond motifs is 1. The van der Waals surface area contributed by atoms with Crippen LogP contribution in [0.1, 0.15) is 39.7 Å². The fourth-order valence-electron chi connectivity index (χ4n) is 5.72. The summed E-state index contributed by atoms with van der Waals surface area (Å²) in [7, 11) is 4.30. The first kappa shape index (κ1) is 27.6. The van der Waals surface area contributed by atoms with Crippen LogP contribution < -0.4 is 9.80 Å². The van der Waals surface area contributed by atoms with Gasteiger partial charge in [0.05, 0.1) is 22.7 Å². The number of nitrogens with zero attached hydrogens (tertiary/aromatic N) is 6. The first-order valence-corrected chi connectivity index (χ1v) is 14.8. The van der Waals surface area contributed by atoms with E-state index >= 15 is 0 Å². The predicted octanol–water partition coefficient (Wildman–Crippen LogP) is 11.0. The van der Waals surface area contributed by atoms with Gasteiger partial charge in [-0.25, -0.2) is 0 Å². The van der Waals surface area contributed by atoms with Crippen LogP contribution in [0.5, 0.6) is 0 Å². The van der Waals surface area contributed by atoms with Gasteiger partial charge in [0.1, 0.15) is 5.66 Å². The zero-order chi connectivity index (χ0) is 29.4. The molecule has 0 saturated heterocycles. The summed E-state index contributed by atoms with van der Waals surface area (Å²) < 4.78 is 0. The summed E-state index contributed by atoms with van der Waals surface area (Å²) in [5.74, 6) is 0.678. The van der Waals surface area contributed by atoms with E-state index in [2.05, 4.69) is 116 Å². The number of hydrogen-bond donors (Lipinski definition) is 0. The average molecular weight is 555 g/mol. The third kappa shape index (κ3) is 4.91. The van der Waals surface area contributed by atoms with Crippen molar-refractivity contribution in [1.29, 1.82) is 0 Å². The van der Waals surface area contributed by atoms with Crippen molar-refractivity contribution in [3.05, 3.63) is 96.6 Å².